The number of nitrogens with zero attached hydrogens (tertiary/aromatic N) is 1. The minimum absolute atomic E-state index is 0.0315. The van der Waals surface area contributed by atoms with Gasteiger partial charge < -0.3 is 10.1 Å². The molecule has 1 N–H and O–H groups in total. The summed E-state index contributed by atoms with van der Waals surface area (Å²) < 4.78 is 5.91. The van der Waals surface area contributed by atoms with Gasteiger partial charge in [-0.3, -0.25) is 4.90 Å². The molecular weight excluding hydrogens is 212 g/mol. The Hall–Kier alpha value is -0.120. The molecule has 0 aliphatic carbocycles. The van der Waals surface area contributed by atoms with Crippen LogP contribution in [0.3, 0.4) is 0 Å². The van der Waals surface area contributed by atoms with Gasteiger partial charge in [0.05, 0.1) is 11.7 Å². The van der Waals surface area contributed by atoms with Gasteiger partial charge in [0.1, 0.15) is 0 Å². The first-order chi connectivity index (χ1) is 8.03. The monoisotopic (exact) mass is 242 g/mol. The van der Waals surface area contributed by atoms with Crippen molar-refractivity contribution in [1.82, 2.24) is 10.2 Å². The van der Waals surface area contributed by atoms with Gasteiger partial charge in [-0.15, -0.1) is 0 Å². The van der Waals surface area contributed by atoms with E-state index < -0.39 is 0 Å². The van der Waals surface area contributed by atoms with E-state index in [0.29, 0.717) is 6.10 Å². The fraction of sp³-hybridized carbons (Fsp3) is 1.00. The number of nitrogens with one attached hydrogen (secondary N) is 1. The van der Waals surface area contributed by atoms with Gasteiger partial charge in [-0.25, -0.2) is 0 Å². The van der Waals surface area contributed by atoms with Crippen molar-refractivity contribution in [3.05, 3.63) is 0 Å². The maximum atomic E-state index is 5.91. The van der Waals surface area contributed by atoms with Gasteiger partial charge in [-0.05, 0) is 53.8 Å². The lowest BCUT2D eigenvalue weighted by Gasteiger charge is -2.41. The largest absolute Gasteiger partial charge is 0.370 e. The molecule has 0 aromatic heterocycles. The zero-order chi connectivity index (χ0) is 12.7. The summed E-state index contributed by atoms with van der Waals surface area (Å²) in [6, 6.07) is 0. The van der Waals surface area contributed by atoms with E-state index in [-0.39, 0.29) is 5.60 Å². The minimum atomic E-state index is 0.0315. The molecule has 0 spiro atoms. The highest BCUT2D eigenvalue weighted by Crippen LogP contribution is 2.21. The summed E-state index contributed by atoms with van der Waals surface area (Å²) in [4.78, 5) is 2.56. The van der Waals surface area contributed by atoms with E-state index in [1.165, 1.54) is 32.2 Å². The van der Waals surface area contributed by atoms with Crippen LogP contribution in [0.25, 0.3) is 0 Å². The summed E-state index contributed by atoms with van der Waals surface area (Å²) >= 11 is 0. The Balaban J connectivity index is 2.10. The van der Waals surface area contributed by atoms with Crippen molar-refractivity contribution in [3.8, 4) is 0 Å². The van der Waals surface area contributed by atoms with Gasteiger partial charge in [0.15, 0.2) is 0 Å². The Bertz CT molecular complexity index is 206. The third kappa shape index (κ3) is 6.39. The Labute approximate surface area is 107 Å². The second kappa shape index (κ2) is 7.34. The maximum absolute atomic E-state index is 5.91. The third-order valence-electron chi connectivity index (χ3n) is 3.29. The van der Waals surface area contributed by atoms with Crippen LogP contribution in [0.1, 0.15) is 46.5 Å². The maximum Gasteiger partial charge on any atom is 0.0757 e. The molecule has 0 bridgehead atoms. The molecule has 0 aromatic rings. The molecule has 1 fully saturated rings. The summed E-state index contributed by atoms with van der Waals surface area (Å²) in [5, 5.41) is 3.20. The van der Waals surface area contributed by atoms with Gasteiger partial charge in [0.25, 0.3) is 0 Å². The average Bonchev–Trinajstić information content (AvgIpc) is 2.20. The predicted octanol–water partition coefficient (Wildman–Crippen LogP) is 2.27. The fourth-order valence-electron chi connectivity index (χ4n) is 2.75. The van der Waals surface area contributed by atoms with Crippen LogP contribution >= 0.6 is 0 Å². The topological polar surface area (TPSA) is 24.5 Å². The van der Waals surface area contributed by atoms with Crippen molar-refractivity contribution in [2.75, 3.05) is 33.2 Å². The molecule has 1 saturated heterocycles. The molecule has 1 rings (SSSR count). The molecule has 1 atom stereocenters. The van der Waals surface area contributed by atoms with Crippen molar-refractivity contribution < 1.29 is 4.74 Å². The Kier molecular flexibility index (Phi) is 6.45. The molecule has 17 heavy (non-hydrogen) atoms. The second-order valence-corrected chi connectivity index (χ2v) is 5.94. The molecule has 3 heteroatoms. The van der Waals surface area contributed by atoms with Crippen LogP contribution in [-0.4, -0.2) is 49.8 Å². The molecule has 1 heterocycles. The summed E-state index contributed by atoms with van der Waals surface area (Å²) in [6.07, 6.45) is 5.72. The molecule has 102 valence electrons. The van der Waals surface area contributed by atoms with Crippen molar-refractivity contribution in [2.45, 2.75) is 58.2 Å². The smallest absolute Gasteiger partial charge is 0.0757 e. The Morgan fingerprint density at radius 2 is 1.94 bits per heavy atom. The lowest BCUT2D eigenvalue weighted by Crippen LogP contribution is -2.51. The van der Waals surface area contributed by atoms with Crippen molar-refractivity contribution >= 4 is 0 Å². The van der Waals surface area contributed by atoms with Gasteiger partial charge in [-0.1, -0.05) is 12.8 Å². The molecule has 1 aliphatic rings. The van der Waals surface area contributed by atoms with Gasteiger partial charge in [-0.2, -0.15) is 0 Å². The van der Waals surface area contributed by atoms with Crippen LogP contribution in [0.2, 0.25) is 0 Å². The molecule has 1 aliphatic heterocycles. The molecule has 3 nitrogen and oxygen atoms in total. The highest BCUT2D eigenvalue weighted by Gasteiger charge is 2.30. The highest BCUT2D eigenvalue weighted by atomic mass is 16.5. The molecule has 0 amide bonds. The third-order valence-corrected chi connectivity index (χ3v) is 3.29. The first kappa shape index (κ1) is 14.9. The Morgan fingerprint density at radius 1 is 1.24 bits per heavy atom. The van der Waals surface area contributed by atoms with Gasteiger partial charge >= 0.3 is 0 Å². The number of unbranched alkanes of at least 4 members (excludes halogenated alkanes) is 3. The van der Waals surface area contributed by atoms with E-state index in [1.807, 2.05) is 7.05 Å². The van der Waals surface area contributed by atoms with E-state index in [2.05, 4.69) is 31.0 Å². The Morgan fingerprint density at radius 3 is 2.59 bits per heavy atom. The molecule has 0 aromatic carbocycles. The number of rotatable bonds is 7. The normalized spacial score (nSPS) is 25.1. The van der Waals surface area contributed by atoms with Gasteiger partial charge in [0.2, 0.25) is 0 Å². The molecule has 0 radical (unpaired) electrons. The lowest BCUT2D eigenvalue weighted by atomic mass is 10.0. The predicted molar refractivity (Wildman–Crippen MR) is 73.5 cm³/mol. The van der Waals surface area contributed by atoms with Crippen molar-refractivity contribution in [3.63, 3.8) is 0 Å². The van der Waals surface area contributed by atoms with Crippen LogP contribution in [0.4, 0.5) is 0 Å². The summed E-state index contributed by atoms with van der Waals surface area (Å²) in [5.74, 6) is 0. The first-order valence-corrected chi connectivity index (χ1v) is 7.08. The molecule has 0 saturated carbocycles. The van der Waals surface area contributed by atoms with Crippen LogP contribution in [0.5, 0.6) is 0 Å². The fourth-order valence-corrected chi connectivity index (χ4v) is 2.75. The van der Waals surface area contributed by atoms with Crippen LogP contribution in [0, 0.1) is 0 Å². The quantitative estimate of drug-likeness (QED) is 0.693. The SMILES string of the molecule is CNCCCCCCN1CC(C)OC(C)(C)C1. The number of hydrogen-bond acceptors (Lipinski definition) is 3. The van der Waals surface area contributed by atoms with E-state index in [9.17, 15) is 0 Å². The number of ether oxygens (including phenoxy) is 1. The second-order valence-electron chi connectivity index (χ2n) is 5.94. The summed E-state index contributed by atoms with van der Waals surface area (Å²) in [7, 11) is 2.03. The van der Waals surface area contributed by atoms with E-state index in [0.717, 1.165) is 19.6 Å². The van der Waals surface area contributed by atoms with Crippen LogP contribution < -0.4 is 5.32 Å². The van der Waals surface area contributed by atoms with Crippen molar-refractivity contribution in [1.29, 1.82) is 0 Å². The number of morpholine rings is 1. The van der Waals surface area contributed by atoms with Crippen LogP contribution in [-0.2, 0) is 4.74 Å². The van der Waals surface area contributed by atoms with E-state index >= 15 is 0 Å². The average molecular weight is 242 g/mol. The standard InChI is InChI=1S/C14H30N2O/c1-13-11-16(12-14(2,3)17-13)10-8-6-5-7-9-15-4/h13,15H,5-12H2,1-4H3. The van der Waals surface area contributed by atoms with Crippen LogP contribution in [0.15, 0.2) is 0 Å². The molecular formula is C14H30N2O. The molecule has 1 unspecified atom stereocenters. The zero-order valence-electron chi connectivity index (χ0n) is 12.1. The van der Waals surface area contributed by atoms with Crippen molar-refractivity contribution in [2.24, 2.45) is 0 Å². The zero-order valence-corrected chi connectivity index (χ0v) is 12.1. The summed E-state index contributed by atoms with van der Waals surface area (Å²) in [6.45, 7) is 11.1. The van der Waals surface area contributed by atoms with E-state index in [4.69, 9.17) is 4.74 Å². The first-order valence-electron chi connectivity index (χ1n) is 7.08. The minimum Gasteiger partial charge on any atom is -0.370 e. The highest BCUT2D eigenvalue weighted by molar-refractivity contribution is 4.82. The van der Waals surface area contributed by atoms with Gasteiger partial charge in [0, 0.05) is 13.1 Å². The summed E-state index contributed by atoms with van der Waals surface area (Å²) in [5.41, 5.74) is 0.0315. The lowest BCUT2D eigenvalue weighted by molar-refractivity contribution is -0.128. The van der Waals surface area contributed by atoms with E-state index in [1.54, 1.807) is 0 Å². The number of hydrogen-bond donors (Lipinski definition) is 1.